The number of hydrogen-bond acceptors (Lipinski definition) is 2. The third-order valence-corrected chi connectivity index (χ3v) is 4.77. The Morgan fingerprint density at radius 1 is 0.733 bits per heavy atom. The Morgan fingerprint density at radius 2 is 1.13 bits per heavy atom. The molecular formula is C12H20O2P+. The van der Waals surface area contributed by atoms with Crippen LogP contribution in [0.2, 0.25) is 0 Å². The minimum Gasteiger partial charge on any atom is -0.507 e. The largest absolute Gasteiger partial charge is 0.507 e. The van der Waals surface area contributed by atoms with Crippen molar-refractivity contribution in [2.75, 3.05) is 20.0 Å². The molecule has 0 radical (unpaired) electrons. The summed E-state index contributed by atoms with van der Waals surface area (Å²) in [5.74, 6) is 0.693. The first-order chi connectivity index (χ1) is 6.68. The summed E-state index contributed by atoms with van der Waals surface area (Å²) in [4.78, 5) is 0. The minimum atomic E-state index is -1.33. The van der Waals surface area contributed by atoms with Gasteiger partial charge in [0.25, 0.3) is 0 Å². The van der Waals surface area contributed by atoms with E-state index in [-0.39, 0.29) is 0 Å². The average Bonchev–Trinajstić information content (AvgIpc) is 2.09. The lowest BCUT2D eigenvalue weighted by Crippen LogP contribution is -2.14. The van der Waals surface area contributed by atoms with Crippen LogP contribution in [0.25, 0.3) is 0 Å². The summed E-state index contributed by atoms with van der Waals surface area (Å²) in [7, 11) is -1.33. The van der Waals surface area contributed by atoms with Gasteiger partial charge in [0, 0.05) is 18.4 Å². The lowest BCUT2D eigenvalue weighted by Gasteiger charge is -2.20. The first kappa shape index (κ1) is 12.3. The van der Waals surface area contributed by atoms with Crippen LogP contribution in [0.5, 0.6) is 11.5 Å². The SMILES string of the molecule is Cc1c(C)c(O)c([P+](C)(C)C)c(C)c1O. The van der Waals surface area contributed by atoms with E-state index < -0.39 is 7.26 Å². The van der Waals surface area contributed by atoms with Crippen molar-refractivity contribution >= 4 is 12.6 Å². The number of phenols is 2. The van der Waals surface area contributed by atoms with Gasteiger partial charge in [-0.1, -0.05) is 0 Å². The number of aromatic hydroxyl groups is 2. The summed E-state index contributed by atoms with van der Waals surface area (Å²) in [6.07, 6.45) is 0. The number of phenolic OH excluding ortho intramolecular Hbond substituents is 2. The maximum Gasteiger partial charge on any atom is 0.161 e. The summed E-state index contributed by atoms with van der Waals surface area (Å²) >= 11 is 0. The summed E-state index contributed by atoms with van der Waals surface area (Å²) in [6.45, 7) is 12.0. The molecule has 0 aliphatic heterocycles. The van der Waals surface area contributed by atoms with Gasteiger partial charge in [-0.25, -0.2) is 0 Å². The first-order valence-corrected chi connectivity index (χ1v) is 8.14. The van der Waals surface area contributed by atoms with E-state index in [0.717, 1.165) is 22.0 Å². The molecule has 0 unspecified atom stereocenters. The molecule has 0 atom stereocenters. The number of hydrogen-bond donors (Lipinski definition) is 2. The quantitative estimate of drug-likeness (QED) is 0.571. The Kier molecular flexibility index (Phi) is 3.02. The third-order valence-electron chi connectivity index (χ3n) is 2.88. The summed E-state index contributed by atoms with van der Waals surface area (Å²) < 4.78 is 0. The van der Waals surface area contributed by atoms with Crippen molar-refractivity contribution < 1.29 is 10.2 Å². The van der Waals surface area contributed by atoms with Crippen molar-refractivity contribution in [1.82, 2.24) is 0 Å². The molecule has 0 saturated heterocycles. The van der Waals surface area contributed by atoms with Crippen molar-refractivity contribution in [2.45, 2.75) is 20.8 Å². The van der Waals surface area contributed by atoms with Crippen LogP contribution in [-0.4, -0.2) is 30.2 Å². The van der Waals surface area contributed by atoms with Gasteiger partial charge in [0.2, 0.25) is 0 Å². The highest BCUT2D eigenvalue weighted by molar-refractivity contribution is 7.81. The van der Waals surface area contributed by atoms with Crippen LogP contribution in [0.4, 0.5) is 0 Å². The molecule has 1 aromatic rings. The third kappa shape index (κ3) is 1.96. The van der Waals surface area contributed by atoms with Crippen molar-refractivity contribution in [3.8, 4) is 11.5 Å². The highest BCUT2D eigenvalue weighted by Crippen LogP contribution is 2.51. The van der Waals surface area contributed by atoms with Gasteiger partial charge in [-0.3, -0.25) is 0 Å². The zero-order valence-corrected chi connectivity index (χ0v) is 11.2. The molecule has 0 aromatic heterocycles. The van der Waals surface area contributed by atoms with Crippen LogP contribution in [-0.2, 0) is 0 Å². The van der Waals surface area contributed by atoms with Crippen LogP contribution < -0.4 is 5.30 Å². The molecule has 2 N–H and O–H groups in total. The summed E-state index contributed by atoms with van der Waals surface area (Å²) in [6, 6.07) is 0. The van der Waals surface area contributed by atoms with E-state index in [1.165, 1.54) is 0 Å². The van der Waals surface area contributed by atoms with E-state index in [9.17, 15) is 10.2 Å². The second kappa shape index (κ2) is 3.68. The molecule has 3 heteroatoms. The smallest absolute Gasteiger partial charge is 0.161 e. The molecule has 0 amide bonds. The topological polar surface area (TPSA) is 40.5 Å². The summed E-state index contributed by atoms with van der Waals surface area (Å²) in [5, 5.41) is 21.0. The molecule has 84 valence electrons. The Hall–Kier alpha value is -0.750. The minimum absolute atomic E-state index is 0.329. The predicted molar refractivity (Wildman–Crippen MR) is 68.3 cm³/mol. The van der Waals surface area contributed by atoms with E-state index in [0.29, 0.717) is 11.5 Å². The molecule has 0 spiro atoms. The monoisotopic (exact) mass is 227 g/mol. The molecule has 0 fully saturated rings. The highest BCUT2D eigenvalue weighted by Gasteiger charge is 2.31. The molecule has 0 heterocycles. The molecular weight excluding hydrogens is 207 g/mol. The van der Waals surface area contributed by atoms with Crippen LogP contribution in [0, 0.1) is 20.8 Å². The lowest BCUT2D eigenvalue weighted by molar-refractivity contribution is 0.453. The van der Waals surface area contributed by atoms with Gasteiger partial charge in [-0.05, 0) is 26.3 Å². The number of rotatable bonds is 1. The summed E-state index contributed by atoms with van der Waals surface area (Å²) in [5.41, 5.74) is 2.40. The zero-order chi connectivity index (χ0) is 12.0. The van der Waals surface area contributed by atoms with E-state index in [2.05, 4.69) is 20.0 Å². The highest BCUT2D eigenvalue weighted by atomic mass is 31.2. The van der Waals surface area contributed by atoms with Gasteiger partial charge in [-0.15, -0.1) is 0 Å². The second-order valence-corrected chi connectivity index (χ2v) is 9.41. The van der Waals surface area contributed by atoms with E-state index >= 15 is 0 Å². The normalized spacial score (nSPS) is 11.9. The van der Waals surface area contributed by atoms with Crippen molar-refractivity contribution in [2.24, 2.45) is 0 Å². The van der Waals surface area contributed by atoms with Crippen LogP contribution >= 0.6 is 7.26 Å². The Labute approximate surface area is 92.3 Å². The lowest BCUT2D eigenvalue weighted by atomic mass is 10.0. The average molecular weight is 227 g/mol. The van der Waals surface area contributed by atoms with Gasteiger partial charge < -0.3 is 10.2 Å². The molecule has 2 nitrogen and oxygen atoms in total. The van der Waals surface area contributed by atoms with Crippen molar-refractivity contribution in [1.29, 1.82) is 0 Å². The van der Waals surface area contributed by atoms with Crippen LogP contribution in [0.1, 0.15) is 16.7 Å². The molecule has 1 aromatic carbocycles. The van der Waals surface area contributed by atoms with Gasteiger partial charge in [0.1, 0.15) is 11.1 Å². The fraction of sp³-hybridized carbons (Fsp3) is 0.500. The predicted octanol–water partition coefficient (Wildman–Crippen LogP) is 2.56. The van der Waals surface area contributed by atoms with Gasteiger partial charge in [-0.2, -0.15) is 0 Å². The zero-order valence-electron chi connectivity index (χ0n) is 10.3. The fourth-order valence-corrected chi connectivity index (χ4v) is 3.84. The standard InChI is InChI=1S/C12H19O2P/c1-7-8(2)11(14)12(15(4,5)6)9(3)10(7)13/h1-6H3,(H-,13,14)/p+1. The molecule has 0 bridgehead atoms. The maximum absolute atomic E-state index is 10.1. The van der Waals surface area contributed by atoms with E-state index in [1.807, 2.05) is 20.8 Å². The van der Waals surface area contributed by atoms with Gasteiger partial charge >= 0.3 is 0 Å². The molecule has 1 rings (SSSR count). The van der Waals surface area contributed by atoms with Crippen molar-refractivity contribution in [3.63, 3.8) is 0 Å². The van der Waals surface area contributed by atoms with E-state index in [1.54, 1.807) is 0 Å². The second-order valence-electron chi connectivity index (χ2n) is 4.93. The first-order valence-electron chi connectivity index (χ1n) is 5.01. The Morgan fingerprint density at radius 3 is 1.53 bits per heavy atom. The Balaban J connectivity index is 3.68. The molecule has 0 aliphatic rings. The molecule has 15 heavy (non-hydrogen) atoms. The maximum atomic E-state index is 10.1. The van der Waals surface area contributed by atoms with Crippen LogP contribution in [0.3, 0.4) is 0 Å². The van der Waals surface area contributed by atoms with E-state index in [4.69, 9.17) is 0 Å². The molecule has 0 aliphatic carbocycles. The fourth-order valence-electron chi connectivity index (χ4n) is 1.92. The van der Waals surface area contributed by atoms with Gasteiger partial charge in [0.05, 0.1) is 20.0 Å². The Bertz CT molecular complexity index is 374. The van der Waals surface area contributed by atoms with Crippen molar-refractivity contribution in [3.05, 3.63) is 16.7 Å². The number of benzene rings is 1. The van der Waals surface area contributed by atoms with Gasteiger partial charge in [0.15, 0.2) is 5.75 Å². The van der Waals surface area contributed by atoms with Crippen LogP contribution in [0.15, 0.2) is 0 Å². The molecule has 0 saturated carbocycles.